The minimum absolute atomic E-state index is 0.0201. The number of carbonyl (C=O) groups excluding carboxylic acids is 2. The van der Waals surface area contributed by atoms with Crippen molar-refractivity contribution in [3.63, 3.8) is 0 Å². The smallest absolute Gasteiger partial charge is 0.409 e. The highest BCUT2D eigenvalue weighted by molar-refractivity contribution is 7.89. The van der Waals surface area contributed by atoms with Gasteiger partial charge in [0.2, 0.25) is 16.8 Å². The standard InChI is InChI=1S/C17H23N3O7S/c1-2-25-17(22)19-6-8-20(9-7-19)28(23,24)10-5-18-16(21)13-3-4-14-15(11-13)27-12-26-14/h3-4,11H,2,5-10,12H2,1H3,(H,18,21). The predicted octanol–water partition coefficient (Wildman–Crippen LogP) is 0.249. The SMILES string of the molecule is CCOC(=O)N1CCN(S(=O)(=O)CCNC(=O)c2ccc3c(c2)OCO3)CC1. The molecule has 0 atom stereocenters. The van der Waals surface area contributed by atoms with Gasteiger partial charge in [-0.3, -0.25) is 4.79 Å². The first kappa shape index (κ1) is 20.2. The molecule has 28 heavy (non-hydrogen) atoms. The maximum absolute atomic E-state index is 12.5. The molecule has 2 aliphatic rings. The van der Waals surface area contributed by atoms with Crippen molar-refractivity contribution in [2.45, 2.75) is 6.92 Å². The zero-order valence-electron chi connectivity index (χ0n) is 15.5. The normalized spacial score (nSPS) is 16.7. The molecule has 0 bridgehead atoms. The number of hydrogen-bond acceptors (Lipinski definition) is 7. The third-order valence-corrected chi connectivity index (χ3v) is 6.31. The highest BCUT2D eigenvalue weighted by atomic mass is 32.2. The molecule has 1 N–H and O–H groups in total. The van der Waals surface area contributed by atoms with E-state index in [-0.39, 0.29) is 57.8 Å². The second-order valence-electron chi connectivity index (χ2n) is 6.22. The number of rotatable bonds is 6. The molecule has 0 saturated carbocycles. The van der Waals surface area contributed by atoms with Gasteiger partial charge in [-0.05, 0) is 25.1 Å². The Kier molecular flexibility index (Phi) is 6.25. The highest BCUT2D eigenvalue weighted by Crippen LogP contribution is 2.32. The Balaban J connectivity index is 1.46. The number of ether oxygens (including phenoxy) is 3. The molecule has 0 radical (unpaired) electrons. The number of fused-ring (bicyclic) bond motifs is 1. The van der Waals surface area contributed by atoms with Crippen molar-refractivity contribution >= 4 is 22.0 Å². The first-order valence-electron chi connectivity index (χ1n) is 8.98. The molecule has 0 unspecified atom stereocenters. The van der Waals surface area contributed by atoms with Crippen LogP contribution in [0.1, 0.15) is 17.3 Å². The average Bonchev–Trinajstić information content (AvgIpc) is 3.16. The molecule has 10 nitrogen and oxygen atoms in total. The number of piperazine rings is 1. The van der Waals surface area contributed by atoms with E-state index in [9.17, 15) is 18.0 Å². The molecule has 1 saturated heterocycles. The molecule has 0 aliphatic carbocycles. The third-order valence-electron chi connectivity index (χ3n) is 4.44. The van der Waals surface area contributed by atoms with Crippen LogP contribution in [0.5, 0.6) is 11.5 Å². The second kappa shape index (κ2) is 8.65. The van der Waals surface area contributed by atoms with E-state index >= 15 is 0 Å². The lowest BCUT2D eigenvalue weighted by atomic mass is 10.2. The lowest BCUT2D eigenvalue weighted by Crippen LogP contribution is -2.51. The van der Waals surface area contributed by atoms with Gasteiger partial charge >= 0.3 is 6.09 Å². The van der Waals surface area contributed by atoms with Crippen LogP contribution >= 0.6 is 0 Å². The summed E-state index contributed by atoms with van der Waals surface area (Å²) in [5.41, 5.74) is 0.365. The van der Waals surface area contributed by atoms with Gasteiger partial charge in [0, 0.05) is 38.3 Å². The summed E-state index contributed by atoms with van der Waals surface area (Å²) < 4.78 is 41.6. The van der Waals surface area contributed by atoms with E-state index in [0.717, 1.165) is 0 Å². The molecule has 11 heteroatoms. The quantitative estimate of drug-likeness (QED) is 0.711. The summed E-state index contributed by atoms with van der Waals surface area (Å²) in [6.07, 6.45) is -0.435. The first-order valence-corrected chi connectivity index (χ1v) is 10.6. The molecular weight excluding hydrogens is 390 g/mol. The van der Waals surface area contributed by atoms with Gasteiger partial charge in [0.25, 0.3) is 5.91 Å². The lowest BCUT2D eigenvalue weighted by molar-refractivity contribution is 0.0928. The summed E-state index contributed by atoms with van der Waals surface area (Å²) >= 11 is 0. The molecule has 1 fully saturated rings. The molecule has 154 valence electrons. The monoisotopic (exact) mass is 413 g/mol. The van der Waals surface area contributed by atoms with Crippen molar-refractivity contribution in [3.05, 3.63) is 23.8 Å². The summed E-state index contributed by atoms with van der Waals surface area (Å²) in [5, 5.41) is 2.60. The van der Waals surface area contributed by atoms with Gasteiger partial charge in [0.1, 0.15) is 0 Å². The number of hydrogen-bond donors (Lipinski definition) is 1. The van der Waals surface area contributed by atoms with Crippen LogP contribution in [0.4, 0.5) is 4.79 Å². The van der Waals surface area contributed by atoms with E-state index in [1.807, 2.05) is 0 Å². The maximum atomic E-state index is 12.5. The number of sulfonamides is 1. The Labute approximate surface area is 163 Å². The largest absolute Gasteiger partial charge is 0.454 e. The molecule has 1 aromatic carbocycles. The molecule has 2 heterocycles. The van der Waals surface area contributed by atoms with Gasteiger partial charge < -0.3 is 24.4 Å². The predicted molar refractivity (Wildman–Crippen MR) is 98.9 cm³/mol. The number of benzene rings is 1. The zero-order chi connectivity index (χ0) is 20.1. The summed E-state index contributed by atoms with van der Waals surface area (Å²) in [7, 11) is -3.54. The van der Waals surface area contributed by atoms with Crippen LogP contribution in [-0.4, -0.2) is 81.5 Å². The number of nitrogens with zero attached hydrogens (tertiary/aromatic N) is 2. The van der Waals surface area contributed by atoms with E-state index in [2.05, 4.69) is 5.32 Å². The van der Waals surface area contributed by atoms with Gasteiger partial charge in [0.05, 0.1) is 12.4 Å². The zero-order valence-corrected chi connectivity index (χ0v) is 16.4. The highest BCUT2D eigenvalue weighted by Gasteiger charge is 2.29. The van der Waals surface area contributed by atoms with E-state index in [1.165, 1.54) is 9.21 Å². The van der Waals surface area contributed by atoms with Crippen LogP contribution in [0, 0.1) is 0 Å². The van der Waals surface area contributed by atoms with E-state index in [4.69, 9.17) is 14.2 Å². The fraction of sp³-hybridized carbons (Fsp3) is 0.529. The van der Waals surface area contributed by atoms with Crippen LogP contribution in [-0.2, 0) is 14.8 Å². The topological polar surface area (TPSA) is 114 Å². The summed E-state index contributed by atoms with van der Waals surface area (Å²) in [6.45, 7) is 3.06. The van der Waals surface area contributed by atoms with Crippen molar-refractivity contribution in [2.75, 3.05) is 51.9 Å². The van der Waals surface area contributed by atoms with Crippen LogP contribution < -0.4 is 14.8 Å². The van der Waals surface area contributed by atoms with Crippen molar-refractivity contribution in [3.8, 4) is 11.5 Å². The van der Waals surface area contributed by atoms with E-state index in [0.29, 0.717) is 17.1 Å². The van der Waals surface area contributed by atoms with Crippen molar-refractivity contribution in [2.24, 2.45) is 0 Å². The van der Waals surface area contributed by atoms with Gasteiger partial charge in [-0.1, -0.05) is 0 Å². The fourth-order valence-electron chi connectivity index (χ4n) is 2.93. The summed E-state index contributed by atoms with van der Waals surface area (Å²) in [5.74, 6) is 0.448. The van der Waals surface area contributed by atoms with E-state index < -0.39 is 16.1 Å². The van der Waals surface area contributed by atoms with Crippen LogP contribution in [0.15, 0.2) is 18.2 Å². The van der Waals surface area contributed by atoms with Gasteiger partial charge in [0.15, 0.2) is 11.5 Å². The van der Waals surface area contributed by atoms with Crippen LogP contribution in [0.2, 0.25) is 0 Å². The molecule has 0 aromatic heterocycles. The molecule has 3 rings (SSSR count). The Morgan fingerprint density at radius 1 is 1.14 bits per heavy atom. The van der Waals surface area contributed by atoms with Crippen molar-refractivity contribution < 1.29 is 32.2 Å². The van der Waals surface area contributed by atoms with Gasteiger partial charge in [-0.25, -0.2) is 13.2 Å². The summed E-state index contributed by atoms with van der Waals surface area (Å²) in [4.78, 5) is 25.4. The average molecular weight is 413 g/mol. The minimum Gasteiger partial charge on any atom is -0.454 e. The Morgan fingerprint density at radius 2 is 1.86 bits per heavy atom. The molecule has 1 aromatic rings. The van der Waals surface area contributed by atoms with Crippen LogP contribution in [0.3, 0.4) is 0 Å². The number of nitrogens with one attached hydrogen (secondary N) is 1. The molecule has 0 spiro atoms. The fourth-order valence-corrected chi connectivity index (χ4v) is 4.26. The Hall–Kier alpha value is -2.53. The Bertz CT molecular complexity index is 835. The van der Waals surface area contributed by atoms with Gasteiger partial charge in [-0.2, -0.15) is 4.31 Å². The van der Waals surface area contributed by atoms with E-state index in [1.54, 1.807) is 25.1 Å². The number of amides is 2. The Morgan fingerprint density at radius 3 is 2.57 bits per heavy atom. The van der Waals surface area contributed by atoms with Gasteiger partial charge in [-0.15, -0.1) is 0 Å². The van der Waals surface area contributed by atoms with Crippen molar-refractivity contribution in [1.29, 1.82) is 0 Å². The minimum atomic E-state index is -3.54. The molecule has 2 amide bonds. The summed E-state index contributed by atoms with van der Waals surface area (Å²) in [6, 6.07) is 4.78. The number of carbonyl (C=O) groups is 2. The maximum Gasteiger partial charge on any atom is 0.409 e. The lowest BCUT2D eigenvalue weighted by Gasteiger charge is -2.33. The molecule has 2 aliphatic heterocycles. The molecular formula is C17H23N3O7S. The van der Waals surface area contributed by atoms with Crippen molar-refractivity contribution in [1.82, 2.24) is 14.5 Å². The van der Waals surface area contributed by atoms with Crippen LogP contribution in [0.25, 0.3) is 0 Å². The first-order chi connectivity index (χ1) is 13.4. The second-order valence-corrected chi connectivity index (χ2v) is 8.31. The third kappa shape index (κ3) is 4.65.